The van der Waals surface area contributed by atoms with E-state index < -0.39 is 0 Å². The molecule has 1 aromatic rings. The first kappa shape index (κ1) is 19.3. The highest BCUT2D eigenvalue weighted by atomic mass is 127. The number of carbonyl (C=O) groups is 2. The highest BCUT2D eigenvalue weighted by Gasteiger charge is 2.28. The van der Waals surface area contributed by atoms with Crippen LogP contribution in [0.1, 0.15) is 12.8 Å². The fourth-order valence-electron chi connectivity index (χ4n) is 3.19. The van der Waals surface area contributed by atoms with Crippen LogP contribution in [0.3, 0.4) is 0 Å². The molecule has 0 saturated carbocycles. The number of rotatable bonds is 6. The van der Waals surface area contributed by atoms with Crippen molar-refractivity contribution in [1.82, 2.24) is 25.2 Å². The number of nitrogens with one attached hydrogen (secondary N) is 1. The lowest BCUT2D eigenvalue weighted by molar-refractivity contribution is -0.130. The Morgan fingerprint density at radius 1 is 1.12 bits per heavy atom. The Balaban J connectivity index is 1.34. The number of amides is 3. The van der Waals surface area contributed by atoms with Gasteiger partial charge in [0.2, 0.25) is 5.91 Å². The van der Waals surface area contributed by atoms with Crippen LogP contribution in [0.2, 0.25) is 0 Å². The second-order valence-corrected chi connectivity index (χ2v) is 7.68. The van der Waals surface area contributed by atoms with Crippen LogP contribution in [0.4, 0.5) is 10.6 Å². The lowest BCUT2D eigenvalue weighted by atomic mass is 10.2. The maximum absolute atomic E-state index is 12.0. The number of nitrogens with zero attached hydrogens (tertiary/aromatic N) is 5. The van der Waals surface area contributed by atoms with Gasteiger partial charge >= 0.3 is 6.03 Å². The van der Waals surface area contributed by atoms with Gasteiger partial charge in [0.15, 0.2) is 0 Å². The quantitative estimate of drug-likeness (QED) is 0.379. The molecule has 0 spiro atoms. The molecule has 8 nitrogen and oxygen atoms in total. The third-order valence-corrected chi connectivity index (χ3v) is 5.42. The smallest absolute Gasteiger partial charge is 0.340 e. The number of hydrazine groups is 1. The molecule has 0 aromatic carbocycles. The molecule has 0 radical (unpaired) electrons. The van der Waals surface area contributed by atoms with Gasteiger partial charge in [-0.3, -0.25) is 19.6 Å². The molecule has 0 bridgehead atoms. The molecule has 2 saturated heterocycles. The average molecular weight is 472 g/mol. The van der Waals surface area contributed by atoms with E-state index in [4.69, 9.17) is 0 Å². The van der Waals surface area contributed by atoms with E-state index in [1.54, 1.807) is 5.01 Å². The summed E-state index contributed by atoms with van der Waals surface area (Å²) < 4.78 is 1.02. The SMILES string of the molecule is CN1C(=O)CNN(CCCCN2CCN(c3cccc(I)n3)CC2)C1=O. The van der Waals surface area contributed by atoms with Gasteiger partial charge in [0.1, 0.15) is 9.52 Å². The zero-order valence-corrected chi connectivity index (χ0v) is 17.2. The summed E-state index contributed by atoms with van der Waals surface area (Å²) in [5, 5.41) is 1.54. The predicted octanol–water partition coefficient (Wildman–Crippen LogP) is 0.987. The van der Waals surface area contributed by atoms with Gasteiger partial charge in [0, 0.05) is 39.8 Å². The minimum atomic E-state index is -0.264. The molecule has 2 aliphatic rings. The number of carbonyl (C=O) groups excluding carboxylic acids is 2. The Bertz CT molecular complexity index is 650. The van der Waals surface area contributed by atoms with Gasteiger partial charge in [-0.2, -0.15) is 0 Å². The topological polar surface area (TPSA) is 72.0 Å². The summed E-state index contributed by atoms with van der Waals surface area (Å²) in [6, 6.07) is 5.87. The number of anilines is 1. The number of likely N-dealkylation sites (N-methyl/N-ethyl adjacent to an activating group) is 1. The minimum absolute atomic E-state index is 0.188. The van der Waals surface area contributed by atoms with Gasteiger partial charge in [-0.25, -0.2) is 15.2 Å². The number of halogens is 1. The molecular weight excluding hydrogens is 447 g/mol. The summed E-state index contributed by atoms with van der Waals surface area (Å²) in [5.74, 6) is 0.872. The molecule has 3 amide bonds. The van der Waals surface area contributed by atoms with Crippen LogP contribution in [0.15, 0.2) is 18.2 Å². The number of urea groups is 1. The molecule has 3 heterocycles. The van der Waals surface area contributed by atoms with E-state index in [1.807, 2.05) is 6.07 Å². The van der Waals surface area contributed by atoms with Gasteiger partial charge in [0.25, 0.3) is 0 Å². The molecule has 2 aliphatic heterocycles. The molecule has 3 rings (SSSR count). The molecular formula is C17H25IN6O2. The number of unbranched alkanes of at least 4 members (excludes halogenated alkanes) is 1. The Kier molecular flexibility index (Phi) is 6.65. The second kappa shape index (κ2) is 8.96. The summed E-state index contributed by atoms with van der Waals surface area (Å²) in [5.41, 5.74) is 2.88. The molecule has 0 atom stereocenters. The predicted molar refractivity (Wildman–Crippen MR) is 108 cm³/mol. The van der Waals surface area contributed by atoms with Crippen molar-refractivity contribution in [3.63, 3.8) is 0 Å². The summed E-state index contributed by atoms with van der Waals surface area (Å²) in [6.45, 7) is 5.90. The normalized spacial score (nSPS) is 19.4. The van der Waals surface area contributed by atoms with Gasteiger partial charge in [0.05, 0.1) is 6.54 Å². The molecule has 0 aliphatic carbocycles. The number of pyridine rings is 1. The fourth-order valence-corrected chi connectivity index (χ4v) is 3.65. The zero-order chi connectivity index (χ0) is 18.5. The van der Waals surface area contributed by atoms with E-state index in [9.17, 15) is 9.59 Å². The highest BCUT2D eigenvalue weighted by molar-refractivity contribution is 14.1. The van der Waals surface area contributed by atoms with Crippen LogP contribution >= 0.6 is 22.6 Å². The first-order chi connectivity index (χ1) is 12.5. The van der Waals surface area contributed by atoms with Gasteiger partial charge in [-0.15, -0.1) is 0 Å². The Morgan fingerprint density at radius 3 is 2.58 bits per heavy atom. The first-order valence-corrected chi connectivity index (χ1v) is 10.0. The molecule has 0 unspecified atom stereocenters. The minimum Gasteiger partial charge on any atom is -0.354 e. The van der Waals surface area contributed by atoms with Crippen molar-refractivity contribution in [1.29, 1.82) is 0 Å². The van der Waals surface area contributed by atoms with E-state index in [0.29, 0.717) is 6.54 Å². The van der Waals surface area contributed by atoms with Crippen molar-refractivity contribution in [2.75, 3.05) is 57.8 Å². The van der Waals surface area contributed by atoms with Crippen molar-refractivity contribution in [2.45, 2.75) is 12.8 Å². The fraction of sp³-hybridized carbons (Fsp3) is 0.588. The van der Waals surface area contributed by atoms with E-state index in [2.05, 4.69) is 54.9 Å². The van der Waals surface area contributed by atoms with Crippen molar-refractivity contribution in [3.05, 3.63) is 21.9 Å². The number of aromatic nitrogens is 1. The molecule has 1 aromatic heterocycles. The van der Waals surface area contributed by atoms with Crippen LogP contribution in [0.5, 0.6) is 0 Å². The number of hydrogen-bond acceptors (Lipinski definition) is 6. The van der Waals surface area contributed by atoms with Gasteiger partial charge in [-0.1, -0.05) is 6.07 Å². The Morgan fingerprint density at radius 2 is 1.85 bits per heavy atom. The average Bonchev–Trinajstić information content (AvgIpc) is 2.65. The summed E-state index contributed by atoms with van der Waals surface area (Å²) in [4.78, 5) is 34.0. The molecule has 9 heteroatoms. The van der Waals surface area contributed by atoms with Crippen molar-refractivity contribution < 1.29 is 9.59 Å². The molecule has 142 valence electrons. The van der Waals surface area contributed by atoms with Crippen LogP contribution in [0, 0.1) is 3.70 Å². The number of imide groups is 1. The summed E-state index contributed by atoms with van der Waals surface area (Å²) >= 11 is 2.25. The third-order valence-electron chi connectivity index (χ3n) is 4.82. The summed E-state index contributed by atoms with van der Waals surface area (Å²) in [7, 11) is 1.53. The van der Waals surface area contributed by atoms with E-state index in [1.165, 1.54) is 11.9 Å². The van der Waals surface area contributed by atoms with E-state index in [-0.39, 0.29) is 18.5 Å². The van der Waals surface area contributed by atoms with Crippen molar-refractivity contribution >= 4 is 40.3 Å². The van der Waals surface area contributed by atoms with Crippen LogP contribution in [0.25, 0.3) is 0 Å². The maximum atomic E-state index is 12.0. The first-order valence-electron chi connectivity index (χ1n) is 8.96. The van der Waals surface area contributed by atoms with E-state index in [0.717, 1.165) is 55.1 Å². The number of piperazine rings is 1. The van der Waals surface area contributed by atoms with Crippen LogP contribution < -0.4 is 10.3 Å². The third kappa shape index (κ3) is 4.83. The molecule has 1 N–H and O–H groups in total. The van der Waals surface area contributed by atoms with Gasteiger partial charge < -0.3 is 4.90 Å². The largest absolute Gasteiger partial charge is 0.354 e. The number of hydrogen-bond donors (Lipinski definition) is 1. The highest BCUT2D eigenvalue weighted by Crippen LogP contribution is 2.15. The summed E-state index contributed by atoms with van der Waals surface area (Å²) in [6.07, 6.45) is 1.95. The zero-order valence-electron chi connectivity index (χ0n) is 15.0. The Labute approximate surface area is 167 Å². The van der Waals surface area contributed by atoms with Gasteiger partial charge in [-0.05, 0) is 54.1 Å². The van der Waals surface area contributed by atoms with Crippen LogP contribution in [-0.2, 0) is 4.79 Å². The molecule has 26 heavy (non-hydrogen) atoms. The van der Waals surface area contributed by atoms with Crippen molar-refractivity contribution in [2.24, 2.45) is 0 Å². The molecule has 2 fully saturated rings. The lowest BCUT2D eigenvalue weighted by Crippen LogP contribution is -2.59. The maximum Gasteiger partial charge on any atom is 0.340 e. The lowest BCUT2D eigenvalue weighted by Gasteiger charge is -2.36. The monoisotopic (exact) mass is 472 g/mol. The van der Waals surface area contributed by atoms with Crippen LogP contribution in [-0.4, -0.2) is 84.6 Å². The standard InChI is InChI=1S/C17H25IN6O2/c1-21-16(25)13-19-24(17(21)26)8-3-2-7-22-9-11-23(12-10-22)15-6-4-5-14(18)20-15/h4-6,19H,2-3,7-13H2,1H3. The van der Waals surface area contributed by atoms with Crippen molar-refractivity contribution in [3.8, 4) is 0 Å². The second-order valence-electron chi connectivity index (χ2n) is 6.58. The van der Waals surface area contributed by atoms with E-state index >= 15 is 0 Å². The Hall–Kier alpha value is -1.46.